The van der Waals surface area contributed by atoms with Crippen LogP contribution in [0.15, 0.2) is 24.3 Å². The molecule has 1 aliphatic carbocycles. The number of aryl methyl sites for hydroxylation is 1. The maximum Gasteiger partial charge on any atom is 0.308 e. The Bertz CT molecular complexity index is 747. The lowest BCUT2D eigenvalue weighted by molar-refractivity contribution is -0.148. The van der Waals surface area contributed by atoms with E-state index in [-0.39, 0.29) is 24.9 Å². The van der Waals surface area contributed by atoms with Gasteiger partial charge in [-0.25, -0.2) is 0 Å². The van der Waals surface area contributed by atoms with Crippen molar-refractivity contribution in [3.05, 3.63) is 35.4 Å². The second-order valence-electron chi connectivity index (χ2n) is 8.02. The zero-order chi connectivity index (χ0) is 19.6. The van der Waals surface area contributed by atoms with Gasteiger partial charge in [-0.1, -0.05) is 24.3 Å². The van der Waals surface area contributed by atoms with Crippen molar-refractivity contribution in [3.8, 4) is 0 Å². The molecule has 1 saturated heterocycles. The molecule has 2 atom stereocenters. The first-order valence-corrected chi connectivity index (χ1v) is 9.67. The number of likely N-dealkylation sites (tertiary alicyclic amines) is 1. The summed E-state index contributed by atoms with van der Waals surface area (Å²) < 4.78 is 0. The minimum Gasteiger partial charge on any atom is -0.481 e. The Morgan fingerprint density at radius 2 is 2.00 bits per heavy atom. The van der Waals surface area contributed by atoms with Crippen molar-refractivity contribution in [1.29, 1.82) is 0 Å². The highest BCUT2D eigenvalue weighted by Crippen LogP contribution is 2.38. The van der Waals surface area contributed by atoms with Crippen molar-refractivity contribution in [3.63, 3.8) is 0 Å². The summed E-state index contributed by atoms with van der Waals surface area (Å²) in [6, 6.07) is 8.05. The Kier molecular flexibility index (Phi) is 5.53. The fourth-order valence-electron chi connectivity index (χ4n) is 4.47. The molecule has 0 saturated carbocycles. The van der Waals surface area contributed by atoms with Crippen molar-refractivity contribution in [2.75, 3.05) is 26.7 Å². The van der Waals surface area contributed by atoms with Crippen LogP contribution in [0, 0.1) is 5.92 Å². The molecule has 0 radical (unpaired) electrons. The number of carbonyl (C=O) groups excluding carboxylic acids is 2. The molecule has 2 amide bonds. The first kappa shape index (κ1) is 19.4. The number of amides is 2. The molecule has 3 rings (SSSR count). The predicted molar refractivity (Wildman–Crippen MR) is 101 cm³/mol. The molecule has 1 aromatic rings. The number of hydrogen-bond acceptors (Lipinski definition) is 3. The van der Waals surface area contributed by atoms with E-state index in [1.807, 2.05) is 25.1 Å². The monoisotopic (exact) mass is 372 g/mol. The zero-order valence-corrected chi connectivity index (χ0v) is 16.1. The Balaban J connectivity index is 1.69. The van der Waals surface area contributed by atoms with Gasteiger partial charge >= 0.3 is 5.97 Å². The van der Waals surface area contributed by atoms with Crippen LogP contribution in [-0.4, -0.2) is 59.4 Å². The molecule has 1 aromatic carbocycles. The molecule has 6 heteroatoms. The van der Waals surface area contributed by atoms with Gasteiger partial charge in [0.05, 0.1) is 17.9 Å². The van der Waals surface area contributed by atoms with Crippen molar-refractivity contribution < 1.29 is 19.5 Å². The largest absolute Gasteiger partial charge is 0.481 e. The molecule has 1 N–H and O–H groups in total. The number of nitrogens with zero attached hydrogens (tertiary/aromatic N) is 2. The number of benzene rings is 1. The van der Waals surface area contributed by atoms with Gasteiger partial charge in [0.1, 0.15) is 0 Å². The van der Waals surface area contributed by atoms with Gasteiger partial charge in [-0.3, -0.25) is 14.4 Å². The SMILES string of the molecule is CN(CC(=O)N1CCCC(C(=O)O)C1)C(=O)C1(C)CCCc2ccccc21. The van der Waals surface area contributed by atoms with E-state index >= 15 is 0 Å². The highest BCUT2D eigenvalue weighted by molar-refractivity contribution is 5.92. The molecule has 27 heavy (non-hydrogen) atoms. The fraction of sp³-hybridized carbons (Fsp3) is 0.571. The molecule has 0 aromatic heterocycles. The van der Waals surface area contributed by atoms with Crippen LogP contribution in [0.3, 0.4) is 0 Å². The predicted octanol–water partition coefficient (Wildman–Crippen LogP) is 2.06. The van der Waals surface area contributed by atoms with Crippen LogP contribution in [-0.2, 0) is 26.2 Å². The summed E-state index contributed by atoms with van der Waals surface area (Å²) >= 11 is 0. The Morgan fingerprint density at radius 3 is 2.74 bits per heavy atom. The average molecular weight is 372 g/mol. The molecule has 2 unspecified atom stereocenters. The molecule has 6 nitrogen and oxygen atoms in total. The van der Waals surface area contributed by atoms with Gasteiger partial charge < -0.3 is 14.9 Å². The van der Waals surface area contributed by atoms with Crippen LogP contribution in [0.25, 0.3) is 0 Å². The first-order valence-electron chi connectivity index (χ1n) is 9.67. The van der Waals surface area contributed by atoms with E-state index < -0.39 is 17.3 Å². The van der Waals surface area contributed by atoms with Gasteiger partial charge in [-0.2, -0.15) is 0 Å². The highest BCUT2D eigenvalue weighted by atomic mass is 16.4. The lowest BCUT2D eigenvalue weighted by Crippen LogP contribution is -2.50. The van der Waals surface area contributed by atoms with E-state index in [1.165, 1.54) is 10.5 Å². The number of piperidine rings is 1. The second kappa shape index (κ2) is 7.71. The minimum atomic E-state index is -0.858. The number of carboxylic acid groups (broad SMARTS) is 1. The molecule has 0 bridgehead atoms. The number of fused-ring (bicyclic) bond motifs is 1. The van der Waals surface area contributed by atoms with E-state index in [0.29, 0.717) is 19.4 Å². The van der Waals surface area contributed by atoms with Gasteiger partial charge in [0.15, 0.2) is 0 Å². The summed E-state index contributed by atoms with van der Waals surface area (Å²) in [5.41, 5.74) is 1.65. The van der Waals surface area contributed by atoms with Gasteiger partial charge in [0, 0.05) is 20.1 Å². The number of rotatable bonds is 4. The molecular formula is C21H28N2O4. The lowest BCUT2D eigenvalue weighted by atomic mass is 9.70. The third-order valence-corrected chi connectivity index (χ3v) is 6.05. The number of likely N-dealkylation sites (N-methyl/N-ethyl adjacent to an activating group) is 1. The number of carbonyl (C=O) groups is 3. The Morgan fingerprint density at radius 1 is 1.26 bits per heavy atom. The summed E-state index contributed by atoms with van der Waals surface area (Å²) in [6.07, 6.45) is 3.99. The summed E-state index contributed by atoms with van der Waals surface area (Å²) in [4.78, 5) is 40.2. The van der Waals surface area contributed by atoms with Crippen LogP contribution >= 0.6 is 0 Å². The van der Waals surface area contributed by atoms with Crippen LogP contribution < -0.4 is 0 Å². The number of hydrogen-bond donors (Lipinski definition) is 1. The first-order chi connectivity index (χ1) is 12.8. The van der Waals surface area contributed by atoms with E-state index in [1.54, 1.807) is 11.9 Å². The topological polar surface area (TPSA) is 77.9 Å². The summed E-state index contributed by atoms with van der Waals surface area (Å²) in [5, 5.41) is 9.20. The van der Waals surface area contributed by atoms with Crippen molar-refractivity contribution in [1.82, 2.24) is 9.80 Å². The quantitative estimate of drug-likeness (QED) is 0.878. The smallest absolute Gasteiger partial charge is 0.308 e. The molecule has 1 fully saturated rings. The maximum absolute atomic E-state index is 13.2. The van der Waals surface area contributed by atoms with E-state index in [2.05, 4.69) is 6.07 Å². The van der Waals surface area contributed by atoms with Crippen molar-refractivity contribution >= 4 is 17.8 Å². The summed E-state index contributed by atoms with van der Waals surface area (Å²) in [7, 11) is 1.67. The van der Waals surface area contributed by atoms with Gasteiger partial charge in [0.2, 0.25) is 11.8 Å². The average Bonchev–Trinajstić information content (AvgIpc) is 2.67. The Hall–Kier alpha value is -2.37. The van der Waals surface area contributed by atoms with E-state index in [0.717, 1.165) is 24.8 Å². The van der Waals surface area contributed by atoms with Crippen LogP contribution in [0.2, 0.25) is 0 Å². The van der Waals surface area contributed by atoms with Crippen molar-refractivity contribution in [2.45, 2.75) is 44.4 Å². The molecule has 146 valence electrons. The zero-order valence-electron chi connectivity index (χ0n) is 16.1. The van der Waals surface area contributed by atoms with E-state index in [4.69, 9.17) is 0 Å². The maximum atomic E-state index is 13.2. The number of aliphatic carboxylic acids is 1. The minimum absolute atomic E-state index is 0.0110. The molecule has 2 aliphatic rings. The normalized spacial score (nSPS) is 24.8. The molecule has 1 aliphatic heterocycles. The van der Waals surface area contributed by atoms with Crippen LogP contribution in [0.5, 0.6) is 0 Å². The molecular weight excluding hydrogens is 344 g/mol. The second-order valence-corrected chi connectivity index (χ2v) is 8.02. The molecule has 1 heterocycles. The van der Waals surface area contributed by atoms with Crippen LogP contribution in [0.4, 0.5) is 0 Å². The lowest BCUT2D eigenvalue weighted by Gasteiger charge is -2.38. The van der Waals surface area contributed by atoms with Crippen LogP contribution in [0.1, 0.15) is 43.7 Å². The standard InChI is InChI=1S/C21H28N2O4/c1-21(11-5-8-15-7-3-4-10-17(15)21)20(27)22(2)14-18(24)23-12-6-9-16(13-23)19(25)26/h3-4,7,10,16H,5-6,8-9,11-14H2,1-2H3,(H,25,26). The highest BCUT2D eigenvalue weighted by Gasteiger charge is 2.41. The fourth-order valence-corrected chi connectivity index (χ4v) is 4.47. The number of carboxylic acids is 1. The summed E-state index contributed by atoms with van der Waals surface area (Å²) in [5.74, 6) is -1.59. The van der Waals surface area contributed by atoms with Gasteiger partial charge in [-0.15, -0.1) is 0 Å². The van der Waals surface area contributed by atoms with Gasteiger partial charge in [-0.05, 0) is 50.2 Å². The Labute approximate surface area is 160 Å². The molecule has 0 spiro atoms. The van der Waals surface area contributed by atoms with Gasteiger partial charge in [0.25, 0.3) is 0 Å². The summed E-state index contributed by atoms with van der Waals surface area (Å²) in [6.45, 7) is 2.75. The third-order valence-electron chi connectivity index (χ3n) is 6.05. The third kappa shape index (κ3) is 3.84. The van der Waals surface area contributed by atoms with E-state index in [9.17, 15) is 19.5 Å². The van der Waals surface area contributed by atoms with Crippen molar-refractivity contribution in [2.24, 2.45) is 5.92 Å².